The van der Waals surface area contributed by atoms with Gasteiger partial charge in [0.15, 0.2) is 11.5 Å². The zero-order valence-electron chi connectivity index (χ0n) is 25.4. The number of fused-ring (bicyclic) bond motifs is 7. The van der Waals surface area contributed by atoms with Gasteiger partial charge in [-0.1, -0.05) is 84.9 Å². The van der Waals surface area contributed by atoms with Crippen LogP contribution in [-0.2, 0) is 0 Å². The minimum Gasteiger partial charge on any atom is -0.451 e. The van der Waals surface area contributed by atoms with Gasteiger partial charge in [0.2, 0.25) is 0 Å². The summed E-state index contributed by atoms with van der Waals surface area (Å²) in [5, 5.41) is 0. The molecule has 0 saturated heterocycles. The van der Waals surface area contributed by atoms with Gasteiger partial charge in [-0.2, -0.15) is 0 Å². The number of pyridine rings is 1. The molecule has 10 rings (SSSR count). The number of anilines is 9. The molecular weight excluding hydrogens is 575 g/mol. The summed E-state index contributed by atoms with van der Waals surface area (Å²) in [5.41, 5.74) is 13.3. The summed E-state index contributed by atoms with van der Waals surface area (Å²) in [6, 6.07) is 53.7. The fourth-order valence-electron chi connectivity index (χ4n) is 7.63. The normalized spacial score (nSPS) is 13.5. The minimum atomic E-state index is -0.00321. The summed E-state index contributed by atoms with van der Waals surface area (Å²) < 4.78 is 7.07. The maximum atomic E-state index is 7.07. The molecule has 0 N–H and O–H groups in total. The van der Waals surface area contributed by atoms with E-state index in [-0.39, 0.29) is 6.71 Å². The zero-order valence-corrected chi connectivity index (χ0v) is 25.4. The lowest BCUT2D eigenvalue weighted by atomic mass is 9.33. The lowest BCUT2D eigenvalue weighted by Gasteiger charge is -2.46. The minimum absolute atomic E-state index is 0.00321. The third kappa shape index (κ3) is 3.76. The molecule has 4 heterocycles. The zero-order chi connectivity index (χ0) is 30.9. The Morgan fingerprint density at radius 1 is 0.468 bits per heavy atom. The van der Waals surface area contributed by atoms with Gasteiger partial charge in [0.1, 0.15) is 0 Å². The predicted octanol–water partition coefficient (Wildman–Crippen LogP) is 8.74. The number of para-hydroxylation sites is 6. The van der Waals surface area contributed by atoms with Crippen molar-refractivity contribution in [2.75, 3.05) is 14.7 Å². The third-order valence-electron chi connectivity index (χ3n) is 9.47. The topological polar surface area (TPSA) is 31.8 Å². The Labute approximate surface area is 273 Å². The first-order chi connectivity index (χ1) is 23.4. The van der Waals surface area contributed by atoms with Crippen LogP contribution in [0.1, 0.15) is 0 Å². The van der Waals surface area contributed by atoms with Gasteiger partial charge in [0.05, 0.1) is 28.9 Å². The number of ether oxygens (including phenoxy) is 1. The Hall–Kier alpha value is -6.27. The summed E-state index contributed by atoms with van der Waals surface area (Å²) in [5.74, 6) is 1.64. The Morgan fingerprint density at radius 3 is 1.68 bits per heavy atom. The Bertz CT molecular complexity index is 2300. The van der Waals surface area contributed by atoms with Crippen molar-refractivity contribution in [3.8, 4) is 11.5 Å². The molecule has 5 nitrogen and oxygen atoms in total. The van der Waals surface area contributed by atoms with E-state index < -0.39 is 0 Å². The van der Waals surface area contributed by atoms with Crippen LogP contribution in [0.15, 0.2) is 164 Å². The van der Waals surface area contributed by atoms with Crippen LogP contribution >= 0.6 is 0 Å². The van der Waals surface area contributed by atoms with E-state index in [0.717, 1.165) is 57.0 Å². The van der Waals surface area contributed by atoms with Gasteiger partial charge in [-0.15, -0.1) is 0 Å². The lowest BCUT2D eigenvalue weighted by Crippen LogP contribution is -2.61. The number of rotatable bonds is 3. The molecule has 220 valence electrons. The maximum absolute atomic E-state index is 7.07. The Morgan fingerprint density at radius 2 is 1.02 bits per heavy atom. The second-order valence-electron chi connectivity index (χ2n) is 12.0. The second-order valence-corrected chi connectivity index (χ2v) is 12.0. The van der Waals surface area contributed by atoms with Crippen LogP contribution in [0.3, 0.4) is 0 Å². The molecular formula is C41H27BN4O. The van der Waals surface area contributed by atoms with Gasteiger partial charge in [-0.3, -0.25) is 4.98 Å². The van der Waals surface area contributed by atoms with Crippen molar-refractivity contribution in [2.24, 2.45) is 0 Å². The van der Waals surface area contributed by atoms with Crippen LogP contribution in [0.2, 0.25) is 0 Å². The van der Waals surface area contributed by atoms with Gasteiger partial charge >= 0.3 is 0 Å². The van der Waals surface area contributed by atoms with Crippen molar-refractivity contribution in [3.05, 3.63) is 164 Å². The number of aromatic nitrogens is 1. The molecule has 0 aliphatic carbocycles. The first-order valence-electron chi connectivity index (χ1n) is 15.9. The SMILES string of the molecule is c1ccc(N2c3ccccc3Oc3c2cc2c4c3N(c3cccnc3)c3ccccc3B4c3ccccc3N2c2ccccc2)cc1. The summed E-state index contributed by atoms with van der Waals surface area (Å²) in [4.78, 5) is 11.7. The first-order valence-corrected chi connectivity index (χ1v) is 15.9. The molecule has 6 aromatic carbocycles. The van der Waals surface area contributed by atoms with Crippen molar-refractivity contribution in [1.29, 1.82) is 0 Å². The average Bonchev–Trinajstić information content (AvgIpc) is 3.15. The van der Waals surface area contributed by atoms with Crippen LogP contribution in [0.4, 0.5) is 51.2 Å². The van der Waals surface area contributed by atoms with E-state index in [4.69, 9.17) is 4.74 Å². The molecule has 0 unspecified atom stereocenters. The molecule has 3 aliphatic heterocycles. The van der Waals surface area contributed by atoms with E-state index in [0.29, 0.717) is 0 Å². The lowest BCUT2D eigenvalue weighted by molar-refractivity contribution is 0.478. The van der Waals surface area contributed by atoms with Crippen molar-refractivity contribution in [2.45, 2.75) is 0 Å². The van der Waals surface area contributed by atoms with Crippen LogP contribution in [0.25, 0.3) is 0 Å². The standard InChI is InChI=1S/C41H27BN4O/c1-3-14-28(15-4-1)44-33-21-9-7-19-31(33)42-32-20-8-10-22-34(32)46(30-18-13-25-43-27-30)40-39(42)36(44)26-37-41(40)47-38-24-12-11-23-35(38)45(37)29-16-5-2-6-17-29/h1-27H. The first kappa shape index (κ1) is 26.0. The van der Waals surface area contributed by atoms with Crippen molar-refractivity contribution < 1.29 is 4.74 Å². The highest BCUT2D eigenvalue weighted by atomic mass is 16.5. The van der Waals surface area contributed by atoms with Gasteiger partial charge < -0.3 is 19.4 Å². The predicted molar refractivity (Wildman–Crippen MR) is 193 cm³/mol. The van der Waals surface area contributed by atoms with Crippen molar-refractivity contribution in [3.63, 3.8) is 0 Å². The van der Waals surface area contributed by atoms with Gasteiger partial charge in [0, 0.05) is 34.6 Å². The van der Waals surface area contributed by atoms with Gasteiger partial charge in [-0.25, -0.2) is 0 Å². The number of benzene rings is 6. The summed E-state index contributed by atoms with van der Waals surface area (Å²) in [6.07, 6.45) is 3.77. The number of hydrogen-bond donors (Lipinski definition) is 0. The molecule has 0 saturated carbocycles. The molecule has 1 aromatic heterocycles. The number of hydrogen-bond acceptors (Lipinski definition) is 5. The second kappa shape index (κ2) is 10.1. The molecule has 3 aliphatic rings. The largest absolute Gasteiger partial charge is 0.451 e. The molecule has 7 aromatic rings. The monoisotopic (exact) mass is 602 g/mol. The van der Waals surface area contributed by atoms with Crippen LogP contribution in [0.5, 0.6) is 11.5 Å². The van der Waals surface area contributed by atoms with Crippen molar-refractivity contribution in [1.82, 2.24) is 4.98 Å². The number of nitrogens with zero attached hydrogens (tertiary/aromatic N) is 4. The molecule has 0 bridgehead atoms. The molecule has 47 heavy (non-hydrogen) atoms. The van der Waals surface area contributed by atoms with Crippen LogP contribution in [-0.4, -0.2) is 11.7 Å². The molecule has 0 radical (unpaired) electrons. The van der Waals surface area contributed by atoms with E-state index in [1.165, 1.54) is 22.1 Å². The fourth-order valence-corrected chi connectivity index (χ4v) is 7.63. The molecule has 0 amide bonds. The summed E-state index contributed by atoms with van der Waals surface area (Å²) in [7, 11) is 0. The summed E-state index contributed by atoms with van der Waals surface area (Å²) in [6.45, 7) is -0.00321. The van der Waals surface area contributed by atoms with E-state index in [2.05, 4.69) is 159 Å². The van der Waals surface area contributed by atoms with Gasteiger partial charge in [-0.05, 0) is 83.1 Å². The average molecular weight is 603 g/mol. The van der Waals surface area contributed by atoms with Crippen molar-refractivity contribution >= 4 is 74.3 Å². The van der Waals surface area contributed by atoms with Crippen LogP contribution < -0.4 is 35.8 Å². The Balaban J connectivity index is 1.38. The third-order valence-corrected chi connectivity index (χ3v) is 9.47. The van der Waals surface area contributed by atoms with E-state index >= 15 is 0 Å². The fraction of sp³-hybridized carbons (Fsp3) is 0. The highest BCUT2D eigenvalue weighted by molar-refractivity contribution is 7.00. The quantitative estimate of drug-likeness (QED) is 0.189. The Kier molecular flexibility index (Phi) is 5.60. The van der Waals surface area contributed by atoms with E-state index in [1.54, 1.807) is 0 Å². The highest BCUT2D eigenvalue weighted by Gasteiger charge is 2.46. The molecule has 0 fully saturated rings. The maximum Gasteiger partial charge on any atom is 0.252 e. The highest BCUT2D eigenvalue weighted by Crippen LogP contribution is 2.58. The molecule has 0 atom stereocenters. The smallest absolute Gasteiger partial charge is 0.252 e. The van der Waals surface area contributed by atoms with Gasteiger partial charge in [0.25, 0.3) is 6.71 Å². The van der Waals surface area contributed by atoms with Crippen LogP contribution in [0, 0.1) is 0 Å². The summed E-state index contributed by atoms with van der Waals surface area (Å²) >= 11 is 0. The molecule has 0 spiro atoms. The van der Waals surface area contributed by atoms with E-state index in [9.17, 15) is 0 Å². The molecule has 6 heteroatoms. The van der Waals surface area contributed by atoms with E-state index in [1.807, 2.05) is 24.5 Å².